The molecule has 0 amide bonds. The lowest BCUT2D eigenvalue weighted by atomic mass is 10.2. The van der Waals surface area contributed by atoms with Crippen molar-refractivity contribution >= 4 is 25.8 Å². The van der Waals surface area contributed by atoms with Crippen LogP contribution in [-0.4, -0.2) is 38.5 Å². The van der Waals surface area contributed by atoms with Gasteiger partial charge in [-0.05, 0) is 41.0 Å². The highest BCUT2D eigenvalue weighted by atomic mass is 79.9. The molecule has 1 rings (SSSR count). The number of aliphatic hydroxyl groups excluding tert-OH is 1. The topological polar surface area (TPSA) is 66.4 Å². The van der Waals surface area contributed by atoms with Crippen molar-refractivity contribution in [3.63, 3.8) is 0 Å². The van der Waals surface area contributed by atoms with E-state index in [1.807, 2.05) is 6.92 Å². The van der Waals surface area contributed by atoms with Gasteiger partial charge in [0, 0.05) is 17.1 Å². The minimum absolute atomic E-state index is 0.00991. The minimum atomic E-state index is -3.36. The summed E-state index contributed by atoms with van der Waals surface area (Å²) in [5.41, 5.74) is 0. The van der Waals surface area contributed by atoms with Crippen LogP contribution >= 0.6 is 15.9 Å². The smallest absolute Gasteiger partial charge is 0.181 e. The Morgan fingerprint density at radius 3 is 2.61 bits per heavy atom. The van der Waals surface area contributed by atoms with Gasteiger partial charge in [0.05, 0.1) is 10.6 Å². The maximum Gasteiger partial charge on any atom is 0.181 e. The third kappa shape index (κ3) is 4.35. The fraction of sp³-hybridized carbons (Fsp3) is 0.500. The SMILES string of the molecule is CCNC(CCO)CS(=O)(=O)c1ccccc1Br. The molecule has 102 valence electrons. The largest absolute Gasteiger partial charge is 0.396 e. The van der Waals surface area contributed by atoms with Crippen LogP contribution in [0, 0.1) is 0 Å². The van der Waals surface area contributed by atoms with Crippen LogP contribution in [0.2, 0.25) is 0 Å². The van der Waals surface area contributed by atoms with Crippen molar-refractivity contribution in [3.8, 4) is 0 Å². The molecule has 6 heteroatoms. The molecule has 0 aliphatic carbocycles. The summed E-state index contributed by atoms with van der Waals surface area (Å²) < 4.78 is 25.1. The van der Waals surface area contributed by atoms with E-state index in [2.05, 4.69) is 21.2 Å². The molecule has 2 N–H and O–H groups in total. The van der Waals surface area contributed by atoms with Gasteiger partial charge in [0.2, 0.25) is 0 Å². The summed E-state index contributed by atoms with van der Waals surface area (Å²) in [6, 6.07) is 6.55. The third-order valence-electron chi connectivity index (χ3n) is 2.56. The molecule has 1 aromatic rings. The first-order valence-corrected chi connectivity index (χ1v) is 8.27. The molecule has 0 aromatic heterocycles. The van der Waals surface area contributed by atoms with Crippen molar-refractivity contribution in [2.45, 2.75) is 24.3 Å². The van der Waals surface area contributed by atoms with E-state index < -0.39 is 9.84 Å². The Balaban J connectivity index is 2.90. The van der Waals surface area contributed by atoms with Gasteiger partial charge in [-0.1, -0.05) is 19.1 Å². The zero-order valence-corrected chi connectivity index (χ0v) is 12.7. The average Bonchev–Trinajstić information content (AvgIpc) is 2.29. The summed E-state index contributed by atoms with van der Waals surface area (Å²) in [7, 11) is -3.36. The summed E-state index contributed by atoms with van der Waals surface area (Å²) >= 11 is 3.25. The Bertz CT molecular complexity index is 470. The monoisotopic (exact) mass is 335 g/mol. The van der Waals surface area contributed by atoms with Crippen molar-refractivity contribution in [1.82, 2.24) is 5.32 Å². The van der Waals surface area contributed by atoms with E-state index in [0.29, 0.717) is 22.3 Å². The third-order valence-corrected chi connectivity index (χ3v) is 5.38. The number of sulfone groups is 1. The Kier molecular flexibility index (Phi) is 6.28. The molecule has 0 heterocycles. The van der Waals surface area contributed by atoms with Gasteiger partial charge in [0.15, 0.2) is 9.84 Å². The Morgan fingerprint density at radius 1 is 1.39 bits per heavy atom. The van der Waals surface area contributed by atoms with Gasteiger partial charge in [-0.3, -0.25) is 0 Å². The maximum absolute atomic E-state index is 12.3. The summed E-state index contributed by atoms with van der Waals surface area (Å²) in [6.07, 6.45) is 0.428. The van der Waals surface area contributed by atoms with Crippen LogP contribution in [0.5, 0.6) is 0 Å². The lowest BCUT2D eigenvalue weighted by Crippen LogP contribution is -2.36. The van der Waals surface area contributed by atoms with E-state index in [4.69, 9.17) is 5.11 Å². The predicted molar refractivity (Wildman–Crippen MR) is 75.4 cm³/mol. The van der Waals surface area contributed by atoms with Crippen molar-refractivity contribution in [2.75, 3.05) is 18.9 Å². The number of hydrogen-bond donors (Lipinski definition) is 2. The summed E-state index contributed by atoms with van der Waals surface area (Å²) in [5.74, 6) is -0.00991. The minimum Gasteiger partial charge on any atom is -0.396 e. The van der Waals surface area contributed by atoms with Gasteiger partial charge in [-0.2, -0.15) is 0 Å². The van der Waals surface area contributed by atoms with E-state index in [1.54, 1.807) is 24.3 Å². The zero-order valence-electron chi connectivity index (χ0n) is 10.3. The molecule has 0 fully saturated rings. The van der Waals surface area contributed by atoms with E-state index in [1.165, 1.54) is 0 Å². The highest BCUT2D eigenvalue weighted by molar-refractivity contribution is 9.10. The van der Waals surface area contributed by atoms with Crippen LogP contribution in [0.15, 0.2) is 33.6 Å². The highest BCUT2D eigenvalue weighted by Gasteiger charge is 2.22. The number of aliphatic hydroxyl groups is 1. The van der Waals surface area contributed by atoms with Crippen LogP contribution in [0.25, 0.3) is 0 Å². The van der Waals surface area contributed by atoms with Crippen LogP contribution in [0.3, 0.4) is 0 Å². The van der Waals surface area contributed by atoms with Crippen molar-refractivity contribution in [2.24, 2.45) is 0 Å². The van der Waals surface area contributed by atoms with Crippen LogP contribution in [-0.2, 0) is 9.84 Å². The normalized spacial score (nSPS) is 13.5. The quantitative estimate of drug-likeness (QED) is 0.794. The second-order valence-corrected chi connectivity index (χ2v) is 6.84. The fourth-order valence-corrected chi connectivity index (χ4v) is 4.41. The molecule has 0 saturated carbocycles. The molecule has 0 aliphatic rings. The summed E-state index contributed by atoms with van der Waals surface area (Å²) in [5, 5.41) is 12.0. The molecule has 18 heavy (non-hydrogen) atoms. The van der Waals surface area contributed by atoms with Gasteiger partial charge < -0.3 is 10.4 Å². The standard InChI is InChI=1S/C12H18BrNO3S/c1-2-14-10(7-8-15)9-18(16,17)12-6-4-3-5-11(12)13/h3-6,10,14-15H,2,7-9H2,1H3. The molecule has 0 radical (unpaired) electrons. The van der Waals surface area contributed by atoms with Crippen molar-refractivity contribution in [1.29, 1.82) is 0 Å². The number of nitrogens with one attached hydrogen (secondary N) is 1. The van der Waals surface area contributed by atoms with E-state index in [9.17, 15) is 8.42 Å². The molecule has 1 atom stereocenters. The van der Waals surface area contributed by atoms with Gasteiger partial charge >= 0.3 is 0 Å². The van der Waals surface area contributed by atoms with Crippen molar-refractivity contribution < 1.29 is 13.5 Å². The van der Waals surface area contributed by atoms with E-state index in [0.717, 1.165) is 0 Å². The summed E-state index contributed by atoms with van der Waals surface area (Å²) in [6.45, 7) is 2.56. The van der Waals surface area contributed by atoms with Gasteiger partial charge in [-0.15, -0.1) is 0 Å². The van der Waals surface area contributed by atoms with E-state index >= 15 is 0 Å². The number of benzene rings is 1. The summed E-state index contributed by atoms with van der Waals surface area (Å²) in [4.78, 5) is 0.297. The molecule has 1 aromatic carbocycles. The Labute approximate surface area is 116 Å². The molecule has 4 nitrogen and oxygen atoms in total. The van der Waals surface area contributed by atoms with Crippen LogP contribution in [0.1, 0.15) is 13.3 Å². The molecule has 0 bridgehead atoms. The molecule has 0 aliphatic heterocycles. The molecule has 0 saturated heterocycles. The lowest BCUT2D eigenvalue weighted by Gasteiger charge is -2.17. The van der Waals surface area contributed by atoms with Crippen molar-refractivity contribution in [3.05, 3.63) is 28.7 Å². The number of rotatable bonds is 7. The first kappa shape index (κ1) is 15.6. The fourth-order valence-electron chi connectivity index (χ4n) is 1.74. The Hall–Kier alpha value is -0.430. The van der Waals surface area contributed by atoms with E-state index in [-0.39, 0.29) is 18.4 Å². The number of hydrogen-bond acceptors (Lipinski definition) is 4. The van der Waals surface area contributed by atoms with Gasteiger partial charge in [0.1, 0.15) is 0 Å². The van der Waals surface area contributed by atoms with Gasteiger partial charge in [-0.25, -0.2) is 8.42 Å². The lowest BCUT2D eigenvalue weighted by molar-refractivity contribution is 0.270. The molecule has 0 spiro atoms. The first-order valence-electron chi connectivity index (χ1n) is 5.82. The second-order valence-electron chi connectivity index (χ2n) is 3.98. The second kappa shape index (κ2) is 7.23. The van der Waals surface area contributed by atoms with Gasteiger partial charge in [0.25, 0.3) is 0 Å². The average molecular weight is 336 g/mol. The first-order chi connectivity index (χ1) is 8.51. The Morgan fingerprint density at radius 2 is 2.06 bits per heavy atom. The predicted octanol–water partition coefficient (Wildman–Crippen LogP) is 1.58. The number of halogens is 1. The maximum atomic E-state index is 12.3. The zero-order chi connectivity index (χ0) is 13.6. The highest BCUT2D eigenvalue weighted by Crippen LogP contribution is 2.23. The van der Waals surface area contributed by atoms with Crippen LogP contribution in [0.4, 0.5) is 0 Å². The molecular formula is C12H18BrNO3S. The molecular weight excluding hydrogens is 318 g/mol. The van der Waals surface area contributed by atoms with Crippen LogP contribution < -0.4 is 5.32 Å². The molecule has 1 unspecified atom stereocenters.